The molecule has 1 fully saturated rings. The van der Waals surface area contributed by atoms with Crippen molar-refractivity contribution in [3.8, 4) is 5.75 Å². The maximum atomic E-state index is 12.9. The highest BCUT2D eigenvalue weighted by atomic mass is 32.2. The van der Waals surface area contributed by atoms with Gasteiger partial charge in [-0.2, -0.15) is 4.31 Å². The summed E-state index contributed by atoms with van der Waals surface area (Å²) in [6.45, 7) is 1.81. The quantitative estimate of drug-likeness (QED) is 0.552. The fourth-order valence-electron chi connectivity index (χ4n) is 3.66. The number of benzene rings is 3. The summed E-state index contributed by atoms with van der Waals surface area (Å²) in [5.74, 6) is 0.697. The number of piperazine rings is 1. The van der Waals surface area contributed by atoms with Gasteiger partial charge >= 0.3 is 0 Å². The van der Waals surface area contributed by atoms with Gasteiger partial charge in [0.1, 0.15) is 12.4 Å². The zero-order chi connectivity index (χ0) is 22.4. The maximum absolute atomic E-state index is 12.9. The van der Waals surface area contributed by atoms with Gasteiger partial charge in [-0.3, -0.25) is 4.79 Å². The van der Waals surface area contributed by atoms with E-state index in [1.54, 1.807) is 17.0 Å². The molecule has 6 nitrogen and oxygen atoms in total. The average molecular weight is 451 g/mol. The second-order valence-electron chi connectivity index (χ2n) is 7.73. The van der Waals surface area contributed by atoms with Crippen LogP contribution in [0, 0.1) is 0 Å². The van der Waals surface area contributed by atoms with Crippen LogP contribution in [0.1, 0.15) is 21.5 Å². The Morgan fingerprint density at radius 1 is 0.750 bits per heavy atom. The molecule has 0 unspecified atom stereocenters. The zero-order valence-corrected chi connectivity index (χ0v) is 18.6. The second-order valence-corrected chi connectivity index (χ2v) is 9.70. The number of para-hydroxylation sites is 1. The second kappa shape index (κ2) is 9.97. The fourth-order valence-corrected chi connectivity index (χ4v) is 5.17. The van der Waals surface area contributed by atoms with E-state index in [0.717, 1.165) is 16.9 Å². The third-order valence-corrected chi connectivity index (χ3v) is 7.31. The molecule has 4 rings (SSSR count). The SMILES string of the molecule is O=C(c1ccc(COc2ccccc2)cc1)N1CCN(S(=O)(=O)Cc2ccccc2)CC1. The van der Waals surface area contributed by atoms with Crippen LogP contribution < -0.4 is 4.74 Å². The van der Waals surface area contributed by atoms with E-state index in [2.05, 4.69) is 0 Å². The molecular weight excluding hydrogens is 424 g/mol. The zero-order valence-electron chi connectivity index (χ0n) is 17.8. The van der Waals surface area contributed by atoms with E-state index in [1.807, 2.05) is 72.8 Å². The molecule has 1 aliphatic heterocycles. The van der Waals surface area contributed by atoms with Gasteiger partial charge in [0.05, 0.1) is 5.75 Å². The Morgan fingerprint density at radius 2 is 1.34 bits per heavy atom. The van der Waals surface area contributed by atoms with Gasteiger partial charge < -0.3 is 9.64 Å². The van der Waals surface area contributed by atoms with Gasteiger partial charge in [-0.15, -0.1) is 0 Å². The van der Waals surface area contributed by atoms with Crippen molar-refractivity contribution in [3.63, 3.8) is 0 Å². The summed E-state index contributed by atoms with van der Waals surface area (Å²) in [4.78, 5) is 14.6. The molecule has 3 aromatic carbocycles. The maximum Gasteiger partial charge on any atom is 0.253 e. The Kier molecular flexibility index (Phi) is 6.87. The lowest BCUT2D eigenvalue weighted by Crippen LogP contribution is -2.50. The van der Waals surface area contributed by atoms with Crippen LogP contribution in [0.3, 0.4) is 0 Å². The summed E-state index contributed by atoms with van der Waals surface area (Å²) < 4.78 is 32.6. The van der Waals surface area contributed by atoms with E-state index >= 15 is 0 Å². The van der Waals surface area contributed by atoms with Crippen LogP contribution in [0.2, 0.25) is 0 Å². The molecule has 0 spiro atoms. The number of nitrogens with zero attached hydrogens (tertiary/aromatic N) is 2. The number of ether oxygens (including phenoxy) is 1. The van der Waals surface area contributed by atoms with Crippen molar-refractivity contribution in [2.75, 3.05) is 26.2 Å². The van der Waals surface area contributed by atoms with Crippen molar-refractivity contribution in [3.05, 3.63) is 102 Å². The van der Waals surface area contributed by atoms with Gasteiger partial charge in [-0.1, -0.05) is 60.7 Å². The van der Waals surface area contributed by atoms with Gasteiger partial charge in [-0.25, -0.2) is 8.42 Å². The monoisotopic (exact) mass is 450 g/mol. The highest BCUT2D eigenvalue weighted by Crippen LogP contribution is 2.17. The highest BCUT2D eigenvalue weighted by molar-refractivity contribution is 7.88. The molecule has 3 aromatic rings. The van der Waals surface area contributed by atoms with Crippen molar-refractivity contribution < 1.29 is 17.9 Å². The van der Waals surface area contributed by atoms with E-state index in [-0.39, 0.29) is 11.7 Å². The number of hydrogen-bond donors (Lipinski definition) is 0. The lowest BCUT2D eigenvalue weighted by molar-refractivity contribution is 0.0697. The largest absolute Gasteiger partial charge is 0.489 e. The Bertz CT molecular complexity index is 1130. The lowest BCUT2D eigenvalue weighted by atomic mass is 10.1. The molecule has 0 radical (unpaired) electrons. The van der Waals surface area contributed by atoms with E-state index in [1.165, 1.54) is 4.31 Å². The van der Waals surface area contributed by atoms with Crippen LogP contribution >= 0.6 is 0 Å². The van der Waals surface area contributed by atoms with Crippen LogP contribution in [0.15, 0.2) is 84.9 Å². The minimum atomic E-state index is -3.40. The third kappa shape index (κ3) is 5.55. The first-order valence-electron chi connectivity index (χ1n) is 10.6. The first-order chi connectivity index (χ1) is 15.5. The van der Waals surface area contributed by atoms with Crippen LogP contribution in [0.5, 0.6) is 5.75 Å². The van der Waals surface area contributed by atoms with Gasteiger partial charge in [0.2, 0.25) is 10.0 Å². The summed E-state index contributed by atoms with van der Waals surface area (Å²) >= 11 is 0. The van der Waals surface area contributed by atoms with Gasteiger partial charge in [0.25, 0.3) is 5.91 Å². The molecule has 0 saturated carbocycles. The molecule has 32 heavy (non-hydrogen) atoms. The summed E-state index contributed by atoms with van der Waals surface area (Å²) in [6, 6.07) is 26.1. The Labute approximate surface area is 189 Å². The number of rotatable bonds is 7. The van der Waals surface area contributed by atoms with Crippen molar-refractivity contribution in [1.82, 2.24) is 9.21 Å². The van der Waals surface area contributed by atoms with E-state index < -0.39 is 10.0 Å². The predicted octanol–water partition coefficient (Wildman–Crippen LogP) is 3.55. The minimum absolute atomic E-state index is 0.0195. The Balaban J connectivity index is 1.30. The molecule has 166 valence electrons. The number of carbonyl (C=O) groups is 1. The van der Waals surface area contributed by atoms with Crippen molar-refractivity contribution >= 4 is 15.9 Å². The highest BCUT2D eigenvalue weighted by Gasteiger charge is 2.29. The summed E-state index contributed by atoms with van der Waals surface area (Å²) in [5, 5.41) is 0. The van der Waals surface area contributed by atoms with Crippen LogP contribution in [0.25, 0.3) is 0 Å². The van der Waals surface area contributed by atoms with E-state index in [0.29, 0.717) is 38.3 Å². The number of hydrogen-bond acceptors (Lipinski definition) is 4. The first kappa shape index (κ1) is 22.0. The van der Waals surface area contributed by atoms with Crippen LogP contribution in [-0.4, -0.2) is 49.7 Å². The predicted molar refractivity (Wildman–Crippen MR) is 124 cm³/mol. The lowest BCUT2D eigenvalue weighted by Gasteiger charge is -2.34. The normalized spacial score (nSPS) is 14.8. The molecular formula is C25H26N2O4S. The molecule has 0 N–H and O–H groups in total. The molecule has 0 aromatic heterocycles. The fraction of sp³-hybridized carbons (Fsp3) is 0.240. The van der Waals surface area contributed by atoms with E-state index in [4.69, 9.17) is 4.74 Å². The standard InChI is InChI=1S/C25H26N2O4S/c28-25(23-13-11-21(12-14-23)19-31-24-9-5-2-6-10-24)26-15-17-27(18-16-26)32(29,30)20-22-7-3-1-4-8-22/h1-14H,15-20H2. The van der Waals surface area contributed by atoms with Gasteiger partial charge in [0, 0.05) is 31.7 Å². The number of amides is 1. The molecule has 0 bridgehead atoms. The summed E-state index contributed by atoms with van der Waals surface area (Å²) in [7, 11) is -3.40. The molecule has 0 aliphatic carbocycles. The van der Waals surface area contributed by atoms with Crippen molar-refractivity contribution in [2.45, 2.75) is 12.4 Å². The smallest absolute Gasteiger partial charge is 0.253 e. The molecule has 1 heterocycles. The Morgan fingerprint density at radius 3 is 1.97 bits per heavy atom. The topological polar surface area (TPSA) is 66.9 Å². The van der Waals surface area contributed by atoms with Gasteiger partial charge in [0.15, 0.2) is 0 Å². The summed E-state index contributed by atoms with van der Waals surface area (Å²) in [6.07, 6.45) is 0. The third-order valence-electron chi connectivity index (χ3n) is 5.46. The van der Waals surface area contributed by atoms with Crippen molar-refractivity contribution in [2.24, 2.45) is 0 Å². The minimum Gasteiger partial charge on any atom is -0.489 e. The van der Waals surface area contributed by atoms with Crippen LogP contribution in [-0.2, 0) is 22.4 Å². The van der Waals surface area contributed by atoms with Crippen LogP contribution in [0.4, 0.5) is 0 Å². The molecule has 1 saturated heterocycles. The van der Waals surface area contributed by atoms with Gasteiger partial charge in [-0.05, 0) is 35.4 Å². The molecule has 7 heteroatoms. The average Bonchev–Trinajstić information content (AvgIpc) is 2.84. The molecule has 1 aliphatic rings. The number of carbonyl (C=O) groups excluding carboxylic acids is 1. The number of sulfonamides is 1. The first-order valence-corrected chi connectivity index (χ1v) is 12.2. The summed E-state index contributed by atoms with van der Waals surface area (Å²) in [5.41, 5.74) is 2.33. The molecule has 0 atom stereocenters. The molecule has 1 amide bonds. The van der Waals surface area contributed by atoms with E-state index in [9.17, 15) is 13.2 Å². The Hall–Kier alpha value is -3.16. The van der Waals surface area contributed by atoms with Crippen molar-refractivity contribution in [1.29, 1.82) is 0 Å².